The van der Waals surface area contributed by atoms with Crippen LogP contribution in [-0.2, 0) is 6.18 Å². The van der Waals surface area contributed by atoms with E-state index in [1.807, 2.05) is 0 Å². The number of hydrogen-bond donors (Lipinski definition) is 0. The Balaban J connectivity index is 2.07. The van der Waals surface area contributed by atoms with Gasteiger partial charge in [0.2, 0.25) is 0 Å². The molecule has 0 atom stereocenters. The van der Waals surface area contributed by atoms with E-state index in [2.05, 4.69) is 4.98 Å². The quantitative estimate of drug-likeness (QED) is 0.564. The van der Waals surface area contributed by atoms with E-state index in [-0.39, 0.29) is 11.2 Å². The first kappa shape index (κ1) is 15.2. The molecule has 1 heterocycles. The summed E-state index contributed by atoms with van der Waals surface area (Å²) in [5.41, 5.74) is 0.405. The second kappa shape index (κ2) is 5.83. The zero-order valence-corrected chi connectivity index (χ0v) is 11.8. The molecule has 0 amide bonds. The summed E-state index contributed by atoms with van der Waals surface area (Å²) >= 11 is 0. The van der Waals surface area contributed by atoms with Gasteiger partial charge in [0.25, 0.3) is 0 Å². The molecule has 0 saturated heterocycles. The van der Waals surface area contributed by atoms with E-state index < -0.39 is 11.7 Å². The molecule has 0 radical (unpaired) electrons. The first-order valence-electron chi connectivity index (χ1n) is 6.84. The predicted octanol–water partition coefficient (Wildman–Crippen LogP) is 5.56. The molecule has 23 heavy (non-hydrogen) atoms. The van der Waals surface area contributed by atoms with Crippen LogP contribution >= 0.6 is 0 Å². The normalized spacial score (nSPS) is 12.2. The maximum Gasteiger partial charge on any atom is 0.418 e. The van der Waals surface area contributed by atoms with Crippen LogP contribution in [0.5, 0.6) is 0 Å². The van der Waals surface area contributed by atoms with E-state index in [4.69, 9.17) is 0 Å². The monoisotopic (exact) mass is 317 g/mol. The molecule has 0 bridgehead atoms. The van der Waals surface area contributed by atoms with Gasteiger partial charge in [0.1, 0.15) is 5.82 Å². The van der Waals surface area contributed by atoms with Crippen molar-refractivity contribution in [1.82, 2.24) is 4.98 Å². The lowest BCUT2D eigenvalue weighted by molar-refractivity contribution is -0.136. The Kier molecular flexibility index (Phi) is 3.86. The highest BCUT2D eigenvalue weighted by molar-refractivity contribution is 5.93. The third-order valence-electron chi connectivity index (χ3n) is 3.43. The first-order valence-corrected chi connectivity index (χ1v) is 6.84. The maximum atomic E-state index is 13.0. The molecule has 2 aromatic carbocycles. The number of aromatic nitrogens is 1. The minimum absolute atomic E-state index is 0.105. The number of halogens is 4. The summed E-state index contributed by atoms with van der Waals surface area (Å²) in [7, 11) is 0. The molecule has 1 nitrogen and oxygen atoms in total. The summed E-state index contributed by atoms with van der Waals surface area (Å²) in [6, 6.07) is 12.0. The number of fused-ring (bicyclic) bond motifs is 1. The molecule has 5 heteroatoms. The van der Waals surface area contributed by atoms with Gasteiger partial charge in [0, 0.05) is 11.6 Å². The van der Waals surface area contributed by atoms with Crippen LogP contribution in [0.3, 0.4) is 0 Å². The van der Waals surface area contributed by atoms with E-state index in [0.717, 1.165) is 11.8 Å². The minimum atomic E-state index is -4.45. The van der Waals surface area contributed by atoms with Crippen molar-refractivity contribution in [2.24, 2.45) is 0 Å². The number of rotatable bonds is 2. The Hall–Kier alpha value is -2.69. The maximum absolute atomic E-state index is 13.0. The lowest BCUT2D eigenvalue weighted by atomic mass is 10.0. The number of hydrogen-bond acceptors (Lipinski definition) is 1. The Labute approximate surface area is 129 Å². The van der Waals surface area contributed by atoms with Crippen molar-refractivity contribution < 1.29 is 17.6 Å². The largest absolute Gasteiger partial charge is 0.418 e. The van der Waals surface area contributed by atoms with Gasteiger partial charge in [-0.05, 0) is 29.2 Å². The second-order valence-corrected chi connectivity index (χ2v) is 4.99. The molecule has 3 aromatic rings. The fourth-order valence-corrected chi connectivity index (χ4v) is 2.32. The van der Waals surface area contributed by atoms with E-state index >= 15 is 0 Å². The average Bonchev–Trinajstić information content (AvgIpc) is 2.53. The number of alkyl halides is 3. The van der Waals surface area contributed by atoms with Gasteiger partial charge in [0.05, 0.1) is 11.3 Å². The molecule has 0 N–H and O–H groups in total. The van der Waals surface area contributed by atoms with Gasteiger partial charge in [-0.2, -0.15) is 13.2 Å². The number of nitrogens with zero attached hydrogens (tertiary/aromatic N) is 1. The Morgan fingerprint density at radius 3 is 2.13 bits per heavy atom. The van der Waals surface area contributed by atoms with Crippen LogP contribution in [0.4, 0.5) is 17.6 Å². The summed E-state index contributed by atoms with van der Waals surface area (Å²) in [5.74, 6) is -0.347. The third kappa shape index (κ3) is 3.23. The van der Waals surface area contributed by atoms with Gasteiger partial charge in [-0.3, -0.25) is 4.98 Å². The Morgan fingerprint density at radius 2 is 1.48 bits per heavy atom. The lowest BCUT2D eigenvalue weighted by Gasteiger charge is -2.11. The third-order valence-corrected chi connectivity index (χ3v) is 3.43. The molecule has 0 spiro atoms. The molecule has 0 aliphatic carbocycles. The van der Waals surface area contributed by atoms with Crippen molar-refractivity contribution in [2.45, 2.75) is 6.18 Å². The van der Waals surface area contributed by atoms with Crippen molar-refractivity contribution >= 4 is 22.9 Å². The van der Waals surface area contributed by atoms with Crippen LogP contribution in [0.2, 0.25) is 0 Å². The summed E-state index contributed by atoms with van der Waals surface area (Å²) in [6.07, 6.45) is -0.310. The van der Waals surface area contributed by atoms with Gasteiger partial charge < -0.3 is 0 Å². The molecule has 0 aliphatic heterocycles. The highest BCUT2D eigenvalue weighted by Crippen LogP contribution is 2.35. The van der Waals surface area contributed by atoms with Crippen LogP contribution in [0.25, 0.3) is 22.9 Å². The first-order chi connectivity index (χ1) is 10.9. The molecule has 0 aliphatic rings. The lowest BCUT2D eigenvalue weighted by Crippen LogP contribution is -2.07. The number of pyridine rings is 1. The fourth-order valence-electron chi connectivity index (χ4n) is 2.32. The predicted molar refractivity (Wildman–Crippen MR) is 82.1 cm³/mol. The molecule has 116 valence electrons. The van der Waals surface area contributed by atoms with Crippen LogP contribution in [0, 0.1) is 5.82 Å². The zero-order valence-electron chi connectivity index (χ0n) is 11.8. The smallest absolute Gasteiger partial charge is 0.256 e. The van der Waals surface area contributed by atoms with Crippen LogP contribution in [0.15, 0.2) is 54.7 Å². The van der Waals surface area contributed by atoms with Crippen LogP contribution < -0.4 is 0 Å². The van der Waals surface area contributed by atoms with Gasteiger partial charge in [-0.15, -0.1) is 0 Å². The molecule has 0 saturated carbocycles. The van der Waals surface area contributed by atoms with Gasteiger partial charge in [-0.25, -0.2) is 4.39 Å². The molecular weight excluding hydrogens is 306 g/mol. The highest BCUT2D eigenvalue weighted by atomic mass is 19.4. The second-order valence-electron chi connectivity index (χ2n) is 4.99. The minimum Gasteiger partial charge on any atom is -0.256 e. The fraction of sp³-hybridized carbons (Fsp3) is 0.0556. The molecule has 0 unspecified atom stereocenters. The Bertz CT molecular complexity index is 864. The topological polar surface area (TPSA) is 12.9 Å². The van der Waals surface area contributed by atoms with E-state index in [1.165, 1.54) is 18.2 Å². The van der Waals surface area contributed by atoms with E-state index in [0.29, 0.717) is 11.1 Å². The molecular formula is C18H11F4N. The van der Waals surface area contributed by atoms with Crippen LogP contribution in [-0.4, -0.2) is 4.98 Å². The summed E-state index contributed by atoms with van der Waals surface area (Å²) in [5, 5.41) is 0.523. The van der Waals surface area contributed by atoms with Crippen molar-refractivity contribution in [3.63, 3.8) is 0 Å². The van der Waals surface area contributed by atoms with Crippen LogP contribution in [0.1, 0.15) is 16.8 Å². The molecule has 3 rings (SSSR count). The number of benzene rings is 2. The summed E-state index contributed by atoms with van der Waals surface area (Å²) in [4.78, 5) is 3.93. The summed E-state index contributed by atoms with van der Waals surface area (Å²) in [6.45, 7) is 0. The van der Waals surface area contributed by atoms with Gasteiger partial charge >= 0.3 is 6.18 Å². The van der Waals surface area contributed by atoms with E-state index in [9.17, 15) is 17.6 Å². The van der Waals surface area contributed by atoms with Crippen molar-refractivity contribution in [2.75, 3.05) is 0 Å². The standard InChI is InChI=1S/C18H11F4N/c19-13-8-5-12(6-9-13)7-10-17-15-4-2-1-3-14(15)16(11-23-17)18(20,21)22/h1-11H/b10-7+. The average molecular weight is 317 g/mol. The van der Waals surface area contributed by atoms with Gasteiger partial charge in [0.15, 0.2) is 0 Å². The SMILES string of the molecule is Fc1ccc(/C=C/c2ncc(C(F)(F)F)c3ccccc23)cc1. The van der Waals surface area contributed by atoms with Crippen molar-refractivity contribution in [1.29, 1.82) is 0 Å². The van der Waals surface area contributed by atoms with Crippen molar-refractivity contribution in [3.8, 4) is 0 Å². The summed E-state index contributed by atoms with van der Waals surface area (Å²) < 4.78 is 52.0. The molecule has 1 aromatic heterocycles. The van der Waals surface area contributed by atoms with E-state index in [1.54, 1.807) is 42.5 Å². The Morgan fingerprint density at radius 1 is 0.826 bits per heavy atom. The van der Waals surface area contributed by atoms with Gasteiger partial charge in [-0.1, -0.05) is 42.5 Å². The highest BCUT2D eigenvalue weighted by Gasteiger charge is 2.33. The molecule has 0 fully saturated rings. The zero-order chi connectivity index (χ0) is 16.4. The van der Waals surface area contributed by atoms with Crippen molar-refractivity contribution in [3.05, 3.63) is 77.4 Å².